The monoisotopic (exact) mass is 279 g/mol. The lowest BCUT2D eigenvalue weighted by Gasteiger charge is -2.08. The van der Waals surface area contributed by atoms with Crippen molar-refractivity contribution in [3.05, 3.63) is 71.4 Å². The summed E-state index contributed by atoms with van der Waals surface area (Å²) < 4.78 is 1.70. The van der Waals surface area contributed by atoms with Gasteiger partial charge < -0.3 is 0 Å². The number of benzene rings is 2. The summed E-state index contributed by atoms with van der Waals surface area (Å²) in [4.78, 5) is 0. The third-order valence-electron chi connectivity index (χ3n) is 2.97. The summed E-state index contributed by atoms with van der Waals surface area (Å²) in [5.41, 5.74) is 2.95. The second-order valence-corrected chi connectivity index (χ2v) is 4.66. The van der Waals surface area contributed by atoms with E-state index in [-0.39, 0.29) is 0 Å². The van der Waals surface area contributed by atoms with E-state index in [0.717, 1.165) is 16.9 Å². The number of hydrogen-bond acceptors (Lipinski definition) is 2. The van der Waals surface area contributed by atoms with Gasteiger partial charge in [0.2, 0.25) is 0 Å². The van der Waals surface area contributed by atoms with Crippen molar-refractivity contribution in [2.24, 2.45) is 0 Å². The average molecular weight is 280 g/mol. The maximum absolute atomic E-state index is 9.08. The zero-order chi connectivity index (χ0) is 13.9. The molecule has 0 saturated heterocycles. The molecular formula is C16H10ClN3. The van der Waals surface area contributed by atoms with E-state index in [4.69, 9.17) is 16.9 Å². The number of hydrogen-bond donors (Lipinski definition) is 0. The first-order valence-electron chi connectivity index (χ1n) is 6.10. The van der Waals surface area contributed by atoms with Crippen LogP contribution < -0.4 is 0 Å². The molecule has 2 aromatic carbocycles. The van der Waals surface area contributed by atoms with Gasteiger partial charge in [-0.1, -0.05) is 54.1 Å². The maximum Gasteiger partial charge on any atom is 0.163 e. The number of aromatic nitrogens is 2. The number of halogens is 1. The van der Waals surface area contributed by atoms with Crippen molar-refractivity contribution in [3.63, 3.8) is 0 Å². The second-order valence-electron chi connectivity index (χ2n) is 4.26. The Hall–Kier alpha value is -2.57. The smallest absolute Gasteiger partial charge is 0.163 e. The Kier molecular flexibility index (Phi) is 3.24. The SMILES string of the molecule is N#Cc1cc(-c2ccccc2)n(-c2ccccc2Cl)n1. The molecule has 0 radical (unpaired) electrons. The molecule has 0 fully saturated rings. The molecule has 0 amide bonds. The molecule has 0 N–H and O–H groups in total. The van der Waals surface area contributed by atoms with Crippen molar-refractivity contribution < 1.29 is 0 Å². The van der Waals surface area contributed by atoms with E-state index in [1.807, 2.05) is 48.5 Å². The molecule has 96 valence electrons. The number of nitriles is 1. The minimum Gasteiger partial charge on any atom is -0.230 e. The minimum absolute atomic E-state index is 0.365. The van der Waals surface area contributed by atoms with Crippen molar-refractivity contribution in [2.45, 2.75) is 0 Å². The molecule has 4 heteroatoms. The van der Waals surface area contributed by atoms with Crippen molar-refractivity contribution in [3.8, 4) is 23.0 Å². The van der Waals surface area contributed by atoms with Crippen LogP contribution in [0.15, 0.2) is 60.7 Å². The standard InChI is InChI=1S/C16H10ClN3/c17-14-8-4-5-9-15(14)20-16(10-13(11-18)19-20)12-6-2-1-3-7-12/h1-10H. The van der Waals surface area contributed by atoms with Crippen LogP contribution in [0.1, 0.15) is 5.69 Å². The summed E-state index contributed by atoms with van der Waals surface area (Å²) in [6, 6.07) is 21.1. The zero-order valence-corrected chi connectivity index (χ0v) is 11.2. The van der Waals surface area contributed by atoms with Crippen LogP contribution in [-0.2, 0) is 0 Å². The molecule has 0 atom stereocenters. The first-order chi connectivity index (χ1) is 9.79. The molecule has 1 aromatic heterocycles. The number of para-hydroxylation sites is 1. The maximum atomic E-state index is 9.08. The van der Waals surface area contributed by atoms with E-state index in [9.17, 15) is 0 Å². The normalized spacial score (nSPS) is 10.2. The van der Waals surface area contributed by atoms with Crippen LogP contribution in [0, 0.1) is 11.3 Å². The van der Waals surface area contributed by atoms with E-state index in [1.165, 1.54) is 0 Å². The molecule has 0 aliphatic carbocycles. The van der Waals surface area contributed by atoms with E-state index in [1.54, 1.807) is 16.8 Å². The van der Waals surface area contributed by atoms with Gasteiger partial charge in [0, 0.05) is 11.6 Å². The molecular weight excluding hydrogens is 270 g/mol. The number of nitrogens with zero attached hydrogens (tertiary/aromatic N) is 3. The van der Waals surface area contributed by atoms with Gasteiger partial charge in [-0.3, -0.25) is 0 Å². The predicted molar refractivity (Wildman–Crippen MR) is 78.7 cm³/mol. The summed E-state index contributed by atoms with van der Waals surface area (Å²) in [6.07, 6.45) is 0. The molecule has 0 unspecified atom stereocenters. The van der Waals surface area contributed by atoms with E-state index < -0.39 is 0 Å². The van der Waals surface area contributed by atoms with Gasteiger partial charge in [0.25, 0.3) is 0 Å². The van der Waals surface area contributed by atoms with Crippen LogP contribution in [0.5, 0.6) is 0 Å². The Morgan fingerprint density at radius 3 is 2.40 bits per heavy atom. The first kappa shape index (κ1) is 12.5. The topological polar surface area (TPSA) is 41.6 Å². The summed E-state index contributed by atoms with van der Waals surface area (Å²) in [5, 5.41) is 14.0. The molecule has 0 spiro atoms. The quantitative estimate of drug-likeness (QED) is 0.710. The molecule has 3 rings (SSSR count). The molecule has 0 aliphatic heterocycles. The van der Waals surface area contributed by atoms with Crippen molar-refractivity contribution >= 4 is 11.6 Å². The first-order valence-corrected chi connectivity index (χ1v) is 6.48. The summed E-state index contributed by atoms with van der Waals surface area (Å²) in [5.74, 6) is 0. The Morgan fingerprint density at radius 1 is 1.00 bits per heavy atom. The van der Waals surface area contributed by atoms with Crippen LogP contribution in [0.4, 0.5) is 0 Å². The van der Waals surface area contributed by atoms with Gasteiger partial charge in [0.1, 0.15) is 6.07 Å². The van der Waals surface area contributed by atoms with E-state index in [2.05, 4.69) is 11.2 Å². The Bertz CT molecular complexity index is 785. The summed E-state index contributed by atoms with van der Waals surface area (Å²) in [7, 11) is 0. The van der Waals surface area contributed by atoms with E-state index in [0.29, 0.717) is 10.7 Å². The fourth-order valence-corrected chi connectivity index (χ4v) is 2.27. The van der Waals surface area contributed by atoms with Crippen LogP contribution in [-0.4, -0.2) is 9.78 Å². The third-order valence-corrected chi connectivity index (χ3v) is 3.29. The minimum atomic E-state index is 0.365. The van der Waals surface area contributed by atoms with Crippen LogP contribution in [0.25, 0.3) is 16.9 Å². The molecule has 0 saturated carbocycles. The lowest BCUT2D eigenvalue weighted by Crippen LogP contribution is -2.00. The molecule has 0 bridgehead atoms. The Labute approximate surface area is 121 Å². The second kappa shape index (κ2) is 5.20. The van der Waals surface area contributed by atoms with Crippen LogP contribution in [0.2, 0.25) is 5.02 Å². The van der Waals surface area contributed by atoms with E-state index >= 15 is 0 Å². The number of rotatable bonds is 2. The van der Waals surface area contributed by atoms with Gasteiger partial charge in [-0.15, -0.1) is 0 Å². The molecule has 3 aromatic rings. The van der Waals surface area contributed by atoms with Crippen molar-refractivity contribution in [2.75, 3.05) is 0 Å². The fourth-order valence-electron chi connectivity index (χ4n) is 2.06. The molecule has 3 nitrogen and oxygen atoms in total. The van der Waals surface area contributed by atoms with Gasteiger partial charge in [0.15, 0.2) is 5.69 Å². The summed E-state index contributed by atoms with van der Waals surface area (Å²) in [6.45, 7) is 0. The van der Waals surface area contributed by atoms with Gasteiger partial charge in [-0.2, -0.15) is 10.4 Å². The van der Waals surface area contributed by atoms with Gasteiger partial charge >= 0.3 is 0 Å². The summed E-state index contributed by atoms with van der Waals surface area (Å²) >= 11 is 6.23. The molecule has 20 heavy (non-hydrogen) atoms. The Balaban J connectivity index is 2.24. The van der Waals surface area contributed by atoms with Gasteiger partial charge in [-0.05, 0) is 12.1 Å². The average Bonchev–Trinajstić information content (AvgIpc) is 2.93. The van der Waals surface area contributed by atoms with Crippen LogP contribution in [0.3, 0.4) is 0 Å². The lowest BCUT2D eigenvalue weighted by molar-refractivity contribution is 0.880. The van der Waals surface area contributed by atoms with Crippen molar-refractivity contribution in [1.29, 1.82) is 5.26 Å². The van der Waals surface area contributed by atoms with Gasteiger partial charge in [-0.25, -0.2) is 4.68 Å². The fraction of sp³-hybridized carbons (Fsp3) is 0. The van der Waals surface area contributed by atoms with Gasteiger partial charge in [0.05, 0.1) is 16.4 Å². The molecule has 0 aliphatic rings. The lowest BCUT2D eigenvalue weighted by atomic mass is 10.1. The largest absolute Gasteiger partial charge is 0.230 e. The highest BCUT2D eigenvalue weighted by molar-refractivity contribution is 6.32. The third kappa shape index (κ3) is 2.18. The highest BCUT2D eigenvalue weighted by atomic mass is 35.5. The zero-order valence-electron chi connectivity index (χ0n) is 10.5. The highest BCUT2D eigenvalue weighted by Crippen LogP contribution is 2.27. The highest BCUT2D eigenvalue weighted by Gasteiger charge is 2.13. The predicted octanol–water partition coefficient (Wildman–Crippen LogP) is 4.06. The van der Waals surface area contributed by atoms with Crippen LogP contribution >= 0.6 is 11.6 Å². The van der Waals surface area contributed by atoms with Crippen molar-refractivity contribution in [1.82, 2.24) is 9.78 Å². The Morgan fingerprint density at radius 2 is 1.70 bits per heavy atom. The molecule has 1 heterocycles.